The van der Waals surface area contributed by atoms with Crippen LogP contribution in [0.3, 0.4) is 0 Å². The van der Waals surface area contributed by atoms with Gasteiger partial charge in [0, 0.05) is 5.41 Å². The van der Waals surface area contributed by atoms with Crippen LogP contribution < -0.4 is 0 Å². The van der Waals surface area contributed by atoms with E-state index in [1.165, 1.54) is 56.9 Å². The second kappa shape index (κ2) is 7.04. The first kappa shape index (κ1) is 23.4. The smallest absolute Gasteiger partial charge is 0.00202 e. The summed E-state index contributed by atoms with van der Waals surface area (Å²) in [5, 5.41) is 0. The Balaban J connectivity index is 0.00000217. The molecular weight excluding hydrogens is 408 g/mol. The van der Waals surface area contributed by atoms with Gasteiger partial charge in [-0.1, -0.05) is 64.2 Å². The SMILES string of the molecule is C.C=C1CC(CC2CCC3C4CC5C6C7C=C(C)C(=C)C(C)(C4CCC23C)C756)CC(C)=C1CC. The zero-order valence-electron chi connectivity index (χ0n) is 22.0. The lowest BCUT2D eigenvalue weighted by Gasteiger charge is -2.60. The van der Waals surface area contributed by atoms with Gasteiger partial charge in [-0.3, -0.25) is 0 Å². The van der Waals surface area contributed by atoms with Crippen molar-refractivity contribution in [3.63, 3.8) is 0 Å². The molecule has 0 aliphatic heterocycles. The third kappa shape index (κ3) is 2.43. The molecule has 0 bridgehead atoms. The third-order valence-electron chi connectivity index (χ3n) is 13.7. The molecule has 11 atom stereocenters. The van der Waals surface area contributed by atoms with E-state index in [-0.39, 0.29) is 7.43 Å². The van der Waals surface area contributed by atoms with Gasteiger partial charge >= 0.3 is 0 Å². The summed E-state index contributed by atoms with van der Waals surface area (Å²) in [5.74, 6) is 7.64. The molecule has 0 radical (unpaired) electrons. The van der Waals surface area contributed by atoms with Gasteiger partial charge in [0.05, 0.1) is 0 Å². The zero-order chi connectivity index (χ0) is 23.1. The van der Waals surface area contributed by atoms with E-state index in [1.54, 1.807) is 28.7 Å². The highest BCUT2D eigenvalue weighted by molar-refractivity contribution is 5.56. The summed E-state index contributed by atoms with van der Waals surface area (Å²) in [4.78, 5) is 0. The summed E-state index contributed by atoms with van der Waals surface area (Å²) in [5.41, 5.74) is 9.45. The van der Waals surface area contributed by atoms with E-state index in [2.05, 4.69) is 47.3 Å². The second-order valence-corrected chi connectivity index (χ2v) is 14.3. The van der Waals surface area contributed by atoms with Crippen molar-refractivity contribution >= 4 is 0 Å². The highest BCUT2D eigenvalue weighted by Crippen LogP contribution is 2.98. The molecule has 186 valence electrons. The molecule has 7 aliphatic rings. The minimum atomic E-state index is 0. The van der Waals surface area contributed by atoms with Gasteiger partial charge in [0.1, 0.15) is 0 Å². The summed E-state index contributed by atoms with van der Waals surface area (Å²) < 4.78 is 0. The first-order valence-corrected chi connectivity index (χ1v) is 14.4. The molecule has 0 heteroatoms. The van der Waals surface area contributed by atoms with Crippen LogP contribution in [0.5, 0.6) is 0 Å². The van der Waals surface area contributed by atoms with Crippen molar-refractivity contribution in [2.75, 3.05) is 0 Å². The van der Waals surface area contributed by atoms with Crippen LogP contribution in [0, 0.1) is 63.6 Å². The van der Waals surface area contributed by atoms with Gasteiger partial charge < -0.3 is 0 Å². The van der Waals surface area contributed by atoms with E-state index in [0.29, 0.717) is 16.2 Å². The fraction of sp³-hybridized carbons (Fsp3) is 0.765. The number of allylic oxidation sites excluding steroid dienone is 6. The van der Waals surface area contributed by atoms with Crippen molar-refractivity contribution in [2.45, 2.75) is 99.8 Å². The van der Waals surface area contributed by atoms with Crippen molar-refractivity contribution in [1.82, 2.24) is 0 Å². The van der Waals surface area contributed by atoms with Crippen molar-refractivity contribution < 1.29 is 0 Å². The lowest BCUT2D eigenvalue weighted by Crippen LogP contribution is -2.54. The van der Waals surface area contributed by atoms with Crippen LogP contribution in [0.15, 0.2) is 47.1 Å². The molecule has 11 unspecified atom stereocenters. The Hall–Kier alpha value is -1.04. The Morgan fingerprint density at radius 2 is 1.76 bits per heavy atom. The predicted molar refractivity (Wildman–Crippen MR) is 145 cm³/mol. The average molecular weight is 459 g/mol. The molecule has 7 aliphatic carbocycles. The van der Waals surface area contributed by atoms with Gasteiger partial charge in [0.25, 0.3) is 0 Å². The normalized spacial score (nSPS) is 54.3. The van der Waals surface area contributed by atoms with Crippen molar-refractivity contribution in [1.29, 1.82) is 0 Å². The molecule has 7 rings (SSSR count). The van der Waals surface area contributed by atoms with Crippen LogP contribution in [0.4, 0.5) is 0 Å². The molecule has 1 spiro atoms. The Morgan fingerprint density at radius 3 is 2.47 bits per heavy atom. The van der Waals surface area contributed by atoms with E-state index in [9.17, 15) is 0 Å². The first-order chi connectivity index (χ1) is 15.7. The van der Waals surface area contributed by atoms with Crippen LogP contribution in [-0.2, 0) is 0 Å². The van der Waals surface area contributed by atoms with Crippen LogP contribution in [0.25, 0.3) is 0 Å². The van der Waals surface area contributed by atoms with Crippen LogP contribution in [0.1, 0.15) is 99.8 Å². The predicted octanol–water partition coefficient (Wildman–Crippen LogP) is 9.55. The van der Waals surface area contributed by atoms with Gasteiger partial charge in [-0.25, -0.2) is 0 Å². The highest BCUT2D eigenvalue weighted by atomic mass is 15.0. The monoisotopic (exact) mass is 458 g/mol. The summed E-state index contributed by atoms with van der Waals surface area (Å²) >= 11 is 0. The Kier molecular flexibility index (Phi) is 4.84. The molecule has 5 fully saturated rings. The summed E-state index contributed by atoms with van der Waals surface area (Å²) in [7, 11) is 0. The van der Waals surface area contributed by atoms with Gasteiger partial charge in [-0.2, -0.15) is 0 Å². The molecule has 0 aromatic carbocycles. The van der Waals surface area contributed by atoms with Gasteiger partial charge in [-0.15, -0.1) is 0 Å². The molecule has 0 amide bonds. The second-order valence-electron chi connectivity index (χ2n) is 14.3. The third-order valence-corrected chi connectivity index (χ3v) is 13.7. The average Bonchev–Trinajstić information content (AvgIpc) is 3.60. The quantitative estimate of drug-likeness (QED) is 0.395. The molecule has 0 aromatic heterocycles. The van der Waals surface area contributed by atoms with Gasteiger partial charge in [-0.05, 0) is 141 Å². The fourth-order valence-electron chi connectivity index (χ4n) is 12.2. The van der Waals surface area contributed by atoms with Crippen molar-refractivity contribution in [3.05, 3.63) is 47.1 Å². The fourth-order valence-corrected chi connectivity index (χ4v) is 12.2. The maximum Gasteiger partial charge on any atom is 0.00202 e. The number of hydrogen-bond donors (Lipinski definition) is 0. The van der Waals surface area contributed by atoms with Crippen molar-refractivity contribution in [2.24, 2.45) is 63.6 Å². The number of fused-ring (bicyclic) bond motifs is 6. The topological polar surface area (TPSA) is 0 Å². The Bertz CT molecular complexity index is 1020. The first-order valence-electron chi connectivity index (χ1n) is 14.4. The molecule has 0 saturated heterocycles. The van der Waals surface area contributed by atoms with Crippen molar-refractivity contribution in [3.8, 4) is 0 Å². The minimum absolute atomic E-state index is 0. The lowest BCUT2D eigenvalue weighted by atomic mass is 9.44. The highest BCUT2D eigenvalue weighted by Gasteiger charge is 2.94. The summed E-state index contributed by atoms with van der Waals surface area (Å²) in [6.45, 7) is 21.8. The van der Waals surface area contributed by atoms with Crippen LogP contribution in [-0.4, -0.2) is 0 Å². The maximum absolute atomic E-state index is 4.77. The maximum atomic E-state index is 4.77. The zero-order valence-corrected chi connectivity index (χ0v) is 22.0. The lowest BCUT2D eigenvalue weighted by molar-refractivity contribution is -0.0867. The molecule has 34 heavy (non-hydrogen) atoms. The van der Waals surface area contributed by atoms with E-state index in [0.717, 1.165) is 47.3 Å². The van der Waals surface area contributed by atoms with E-state index in [4.69, 9.17) is 6.58 Å². The molecule has 0 aromatic rings. The molecule has 0 heterocycles. The Labute approximate surface area is 210 Å². The van der Waals surface area contributed by atoms with Gasteiger partial charge in [0.15, 0.2) is 0 Å². The molecular formula is C34H50. The van der Waals surface area contributed by atoms with E-state index >= 15 is 0 Å². The van der Waals surface area contributed by atoms with E-state index < -0.39 is 0 Å². The van der Waals surface area contributed by atoms with Crippen LogP contribution >= 0.6 is 0 Å². The number of hydrogen-bond acceptors (Lipinski definition) is 0. The molecule has 0 nitrogen and oxygen atoms in total. The van der Waals surface area contributed by atoms with E-state index in [1.807, 2.05) is 0 Å². The minimum Gasteiger partial charge on any atom is -0.0955 e. The summed E-state index contributed by atoms with van der Waals surface area (Å²) in [6, 6.07) is 0. The molecule has 0 N–H and O–H groups in total. The number of rotatable bonds is 3. The van der Waals surface area contributed by atoms with Gasteiger partial charge in [0.2, 0.25) is 0 Å². The molecule has 5 saturated carbocycles. The standard InChI is InChI=1S/C33H46.CH4/c1-8-24-19(3)13-22(14-20(24)4)16-23-9-10-26-25-17-29-30-28-15-18(2)21(5)32(7,33(28,29)30)27(25)11-12-31(23,26)6;/h15,22-23,25-30H,3,5,8-14,16-17H2,1-2,4,6-7H3;1H4. The largest absolute Gasteiger partial charge is 0.0955 e. The summed E-state index contributed by atoms with van der Waals surface area (Å²) in [6.07, 6.45) is 15.4. The van der Waals surface area contributed by atoms with Crippen LogP contribution in [0.2, 0.25) is 0 Å². The Morgan fingerprint density at radius 1 is 1.00 bits per heavy atom.